The number of thioether (sulfide) groups is 1. The number of hydrazone groups is 1. The summed E-state index contributed by atoms with van der Waals surface area (Å²) < 4.78 is 33.9. The van der Waals surface area contributed by atoms with Crippen LogP contribution in [0.3, 0.4) is 0 Å². The van der Waals surface area contributed by atoms with Gasteiger partial charge in [-0.3, -0.25) is 14.6 Å². The van der Waals surface area contributed by atoms with Crippen molar-refractivity contribution in [2.45, 2.75) is 30.7 Å². The number of nitrogens with one attached hydrogen (secondary N) is 1. The maximum absolute atomic E-state index is 14.7. The van der Waals surface area contributed by atoms with E-state index in [9.17, 15) is 13.6 Å². The average Bonchev–Trinajstić information content (AvgIpc) is 3.23. The van der Waals surface area contributed by atoms with Crippen molar-refractivity contribution in [3.63, 3.8) is 0 Å². The number of rotatable bonds is 9. The number of hydroxylamine groups is 1. The summed E-state index contributed by atoms with van der Waals surface area (Å²) in [5, 5.41) is 6.00. The third-order valence-electron chi connectivity index (χ3n) is 5.25. The standard InChI is InChI=1S/C23H27F2N5O3S/c1-15(32-2)21(31)30-23(16-8-5-4-6-9-16,12-7-13-27-22(26)29-33-3)34-20(28-30)18-14-17(24)10-11-19(18)25/h4-6,8-11,14-15H,7,12-13H2,1-3H3,(H3,26,27,29)/t15-,23+/m0/s1. The number of guanidine groups is 1. The second-order valence-corrected chi connectivity index (χ2v) is 8.75. The molecule has 34 heavy (non-hydrogen) atoms. The number of nitrogens with zero attached hydrogens (tertiary/aromatic N) is 3. The molecule has 1 aliphatic heterocycles. The fraction of sp³-hybridized carbons (Fsp3) is 0.348. The van der Waals surface area contributed by atoms with E-state index in [0.29, 0.717) is 19.4 Å². The molecule has 182 valence electrons. The van der Waals surface area contributed by atoms with E-state index in [4.69, 9.17) is 15.3 Å². The van der Waals surface area contributed by atoms with E-state index >= 15 is 0 Å². The van der Waals surface area contributed by atoms with Crippen LogP contribution in [0.2, 0.25) is 0 Å². The number of carbonyl (C=O) groups is 1. The molecule has 2 atom stereocenters. The molecule has 1 amide bonds. The third-order valence-corrected chi connectivity index (χ3v) is 6.70. The fourth-order valence-corrected chi connectivity index (χ4v) is 4.93. The SMILES string of the molecule is CONC(N)=NCCC[C@]1(c2ccccc2)SC(c2cc(F)ccc2F)=NN1C(=O)[C@H](C)OC. The summed E-state index contributed by atoms with van der Waals surface area (Å²) in [5.74, 6) is -1.52. The Labute approximate surface area is 201 Å². The van der Waals surface area contributed by atoms with Crippen LogP contribution in [0, 0.1) is 11.6 Å². The van der Waals surface area contributed by atoms with Gasteiger partial charge in [-0.2, -0.15) is 5.10 Å². The van der Waals surface area contributed by atoms with Crippen molar-refractivity contribution in [1.29, 1.82) is 0 Å². The fourth-order valence-electron chi connectivity index (χ4n) is 3.50. The zero-order chi connectivity index (χ0) is 24.7. The molecule has 0 saturated heterocycles. The Balaban J connectivity index is 2.04. The Bertz CT molecular complexity index is 1070. The molecule has 0 saturated carbocycles. The molecule has 1 heterocycles. The van der Waals surface area contributed by atoms with Crippen LogP contribution in [0.5, 0.6) is 0 Å². The van der Waals surface area contributed by atoms with E-state index in [2.05, 4.69) is 15.6 Å². The summed E-state index contributed by atoms with van der Waals surface area (Å²) in [6.45, 7) is 1.95. The molecule has 3 N–H and O–H groups in total. The first-order valence-electron chi connectivity index (χ1n) is 10.6. The largest absolute Gasteiger partial charge is 0.372 e. The van der Waals surface area contributed by atoms with Gasteiger partial charge in [0.05, 0.1) is 7.11 Å². The van der Waals surface area contributed by atoms with Gasteiger partial charge in [0.1, 0.15) is 27.7 Å². The minimum atomic E-state index is -1.03. The first-order valence-corrected chi connectivity index (χ1v) is 11.4. The number of aliphatic imine (C=N–C) groups is 1. The highest BCUT2D eigenvalue weighted by Crippen LogP contribution is 2.51. The van der Waals surface area contributed by atoms with Crippen molar-refractivity contribution in [3.05, 3.63) is 71.3 Å². The lowest BCUT2D eigenvalue weighted by Crippen LogP contribution is -2.45. The Hall–Kier alpha value is -3.02. The second kappa shape index (κ2) is 11.4. The highest BCUT2D eigenvalue weighted by Gasteiger charge is 2.49. The van der Waals surface area contributed by atoms with E-state index in [1.54, 1.807) is 6.92 Å². The van der Waals surface area contributed by atoms with Gasteiger partial charge in [0.25, 0.3) is 5.91 Å². The number of benzene rings is 2. The molecule has 2 aromatic carbocycles. The Morgan fingerprint density at radius 1 is 1.26 bits per heavy atom. The smallest absolute Gasteiger partial charge is 0.273 e. The lowest BCUT2D eigenvalue weighted by Gasteiger charge is -2.36. The lowest BCUT2D eigenvalue weighted by atomic mass is 10.00. The number of hydrogen-bond donors (Lipinski definition) is 2. The molecule has 2 aromatic rings. The summed E-state index contributed by atoms with van der Waals surface area (Å²) in [5.41, 5.74) is 8.92. The first kappa shape index (κ1) is 25.6. The zero-order valence-corrected chi connectivity index (χ0v) is 19.9. The number of hydrogen-bond acceptors (Lipinski definition) is 6. The molecule has 0 bridgehead atoms. The van der Waals surface area contributed by atoms with Crippen molar-refractivity contribution in [3.8, 4) is 0 Å². The summed E-state index contributed by atoms with van der Waals surface area (Å²) >= 11 is 1.19. The second-order valence-electron chi connectivity index (χ2n) is 7.49. The van der Waals surface area contributed by atoms with Gasteiger partial charge in [0, 0.05) is 19.2 Å². The predicted octanol–water partition coefficient (Wildman–Crippen LogP) is 3.34. The van der Waals surface area contributed by atoms with Crippen molar-refractivity contribution in [2.24, 2.45) is 15.8 Å². The predicted molar refractivity (Wildman–Crippen MR) is 128 cm³/mol. The van der Waals surface area contributed by atoms with Crippen LogP contribution in [0.4, 0.5) is 8.78 Å². The summed E-state index contributed by atoms with van der Waals surface area (Å²) in [7, 11) is 2.85. The zero-order valence-electron chi connectivity index (χ0n) is 19.1. The van der Waals surface area contributed by atoms with Crippen molar-refractivity contribution in [1.82, 2.24) is 10.5 Å². The van der Waals surface area contributed by atoms with Crippen LogP contribution in [0.15, 0.2) is 58.6 Å². The first-order chi connectivity index (χ1) is 16.3. The molecule has 0 fully saturated rings. The lowest BCUT2D eigenvalue weighted by molar-refractivity contribution is -0.144. The normalized spacial score (nSPS) is 19.1. The Morgan fingerprint density at radius 3 is 2.68 bits per heavy atom. The quantitative estimate of drug-likeness (QED) is 0.242. The number of nitrogens with two attached hydrogens (primary N) is 1. The average molecular weight is 492 g/mol. The van der Waals surface area contributed by atoms with E-state index < -0.39 is 28.5 Å². The van der Waals surface area contributed by atoms with Gasteiger partial charge in [-0.1, -0.05) is 42.1 Å². The van der Waals surface area contributed by atoms with Crippen LogP contribution < -0.4 is 11.2 Å². The molecule has 3 rings (SSSR count). The highest BCUT2D eigenvalue weighted by molar-refractivity contribution is 8.15. The van der Waals surface area contributed by atoms with Gasteiger partial charge in [0.2, 0.25) is 5.96 Å². The summed E-state index contributed by atoms with van der Waals surface area (Å²) in [6.07, 6.45) is 0.106. The van der Waals surface area contributed by atoms with Crippen LogP contribution >= 0.6 is 11.8 Å². The molecule has 0 aromatic heterocycles. The Morgan fingerprint density at radius 2 is 2.00 bits per heavy atom. The topological polar surface area (TPSA) is 102 Å². The van der Waals surface area contributed by atoms with Crippen LogP contribution in [-0.2, 0) is 19.2 Å². The van der Waals surface area contributed by atoms with Gasteiger partial charge in [-0.15, -0.1) is 0 Å². The summed E-state index contributed by atoms with van der Waals surface area (Å²) in [4.78, 5) is 21.3. The third kappa shape index (κ3) is 5.54. The van der Waals surface area contributed by atoms with Gasteiger partial charge >= 0.3 is 0 Å². The molecule has 11 heteroatoms. The molecule has 1 aliphatic rings. The molecular weight excluding hydrogens is 464 g/mol. The highest BCUT2D eigenvalue weighted by atomic mass is 32.2. The van der Waals surface area contributed by atoms with Gasteiger partial charge in [0.15, 0.2) is 0 Å². The monoisotopic (exact) mass is 491 g/mol. The molecule has 0 radical (unpaired) electrons. The van der Waals surface area contributed by atoms with Crippen LogP contribution in [-0.4, -0.2) is 48.8 Å². The number of carbonyl (C=O) groups excluding carboxylic acids is 1. The van der Waals surface area contributed by atoms with E-state index in [1.165, 1.54) is 31.0 Å². The maximum Gasteiger partial charge on any atom is 0.273 e. The number of ether oxygens (including phenoxy) is 1. The minimum Gasteiger partial charge on any atom is -0.372 e. The Kier molecular flexibility index (Phi) is 8.59. The van der Waals surface area contributed by atoms with Crippen molar-refractivity contribution in [2.75, 3.05) is 20.8 Å². The van der Waals surface area contributed by atoms with Crippen LogP contribution in [0.1, 0.15) is 30.9 Å². The number of methoxy groups -OCH3 is 1. The molecule has 0 unspecified atom stereocenters. The molecule has 8 nitrogen and oxygen atoms in total. The minimum absolute atomic E-state index is 0.0164. The van der Waals surface area contributed by atoms with E-state index in [-0.39, 0.29) is 16.6 Å². The number of halogens is 2. The maximum atomic E-state index is 14.7. The van der Waals surface area contributed by atoms with Gasteiger partial charge < -0.3 is 10.5 Å². The van der Waals surface area contributed by atoms with E-state index in [1.807, 2.05) is 30.3 Å². The van der Waals surface area contributed by atoms with Gasteiger partial charge in [-0.25, -0.2) is 19.3 Å². The molecule has 0 spiro atoms. The van der Waals surface area contributed by atoms with Crippen LogP contribution in [0.25, 0.3) is 0 Å². The van der Waals surface area contributed by atoms with Crippen molar-refractivity contribution < 1.29 is 23.1 Å². The number of amides is 1. The van der Waals surface area contributed by atoms with E-state index in [0.717, 1.165) is 23.8 Å². The molecule has 0 aliphatic carbocycles. The summed E-state index contributed by atoms with van der Waals surface area (Å²) in [6, 6.07) is 12.4. The van der Waals surface area contributed by atoms with Crippen molar-refractivity contribution >= 4 is 28.7 Å². The van der Waals surface area contributed by atoms with Gasteiger partial charge in [-0.05, 0) is 43.5 Å². The molecular formula is C23H27F2N5O3S.